The molecule has 0 bridgehead atoms. The monoisotopic (exact) mass is 245 g/mol. The molecule has 0 aliphatic carbocycles. The van der Waals surface area contributed by atoms with Gasteiger partial charge in [-0.3, -0.25) is 4.79 Å². The highest BCUT2D eigenvalue weighted by molar-refractivity contribution is 5.76. The van der Waals surface area contributed by atoms with Crippen LogP contribution in [0.2, 0.25) is 0 Å². The van der Waals surface area contributed by atoms with Gasteiger partial charge < -0.3 is 14.7 Å². The summed E-state index contributed by atoms with van der Waals surface area (Å²) < 4.78 is 5.63. The molecule has 0 aromatic rings. The fourth-order valence-electron chi connectivity index (χ4n) is 2.11. The van der Waals surface area contributed by atoms with Crippen LogP contribution >= 0.6 is 0 Å². The molecule has 1 atom stereocenters. The summed E-state index contributed by atoms with van der Waals surface area (Å²) in [5.74, 6) is 0.000906. The number of aliphatic hydroxyl groups excluding tert-OH is 1. The van der Waals surface area contributed by atoms with Crippen molar-refractivity contribution in [3.05, 3.63) is 0 Å². The average Bonchev–Trinajstić information content (AvgIpc) is 2.35. The Morgan fingerprint density at radius 2 is 2.00 bits per heavy atom. The second kappa shape index (κ2) is 8.48. The van der Waals surface area contributed by atoms with Crippen molar-refractivity contribution < 1.29 is 14.6 Å². The lowest BCUT2D eigenvalue weighted by atomic mass is 9.93. The number of aliphatic hydroxyl groups is 1. The van der Waals surface area contributed by atoms with Crippen LogP contribution in [0.4, 0.5) is 0 Å². The maximum absolute atomic E-state index is 11.8. The molecule has 17 heavy (non-hydrogen) atoms. The molecule has 4 nitrogen and oxygen atoms in total. The Labute approximate surface area is 105 Å². The number of carbonyl (C=O) groups is 1. The third-order valence-electron chi connectivity index (χ3n) is 3.32. The van der Waals surface area contributed by atoms with E-state index in [1.807, 2.05) is 6.92 Å². The molecule has 0 aliphatic rings. The number of carbonyl (C=O) groups excluding carboxylic acids is 1. The summed E-state index contributed by atoms with van der Waals surface area (Å²) in [4.78, 5) is 13.6. The van der Waals surface area contributed by atoms with E-state index in [0.29, 0.717) is 13.1 Å². The van der Waals surface area contributed by atoms with Gasteiger partial charge >= 0.3 is 0 Å². The first-order valence-corrected chi connectivity index (χ1v) is 6.52. The Bertz CT molecular complexity index is 215. The number of hydrogen-bond acceptors (Lipinski definition) is 3. The number of hydrogen-bond donors (Lipinski definition) is 1. The summed E-state index contributed by atoms with van der Waals surface area (Å²) in [6.45, 7) is 7.35. The van der Waals surface area contributed by atoms with E-state index in [1.165, 1.54) is 0 Å². The molecule has 102 valence electrons. The predicted molar refractivity (Wildman–Crippen MR) is 68.9 cm³/mol. The van der Waals surface area contributed by atoms with Crippen LogP contribution in [0.1, 0.15) is 46.5 Å². The van der Waals surface area contributed by atoms with Crippen molar-refractivity contribution in [2.45, 2.75) is 52.1 Å². The van der Waals surface area contributed by atoms with E-state index in [1.54, 1.807) is 12.0 Å². The number of rotatable bonds is 9. The molecule has 1 N–H and O–H groups in total. The number of nitrogens with zero attached hydrogens (tertiary/aromatic N) is 1. The zero-order chi connectivity index (χ0) is 13.3. The van der Waals surface area contributed by atoms with Gasteiger partial charge in [0.1, 0.15) is 0 Å². The van der Waals surface area contributed by atoms with Gasteiger partial charge in [0.15, 0.2) is 0 Å². The first-order valence-electron chi connectivity index (χ1n) is 6.52. The van der Waals surface area contributed by atoms with Crippen molar-refractivity contribution in [3.63, 3.8) is 0 Å². The third kappa shape index (κ3) is 5.04. The van der Waals surface area contributed by atoms with E-state index >= 15 is 0 Å². The fourth-order valence-corrected chi connectivity index (χ4v) is 2.11. The van der Waals surface area contributed by atoms with E-state index in [-0.39, 0.29) is 24.5 Å². The second-order valence-corrected chi connectivity index (χ2v) is 4.37. The lowest BCUT2D eigenvalue weighted by Gasteiger charge is -2.36. The van der Waals surface area contributed by atoms with Crippen molar-refractivity contribution in [1.29, 1.82) is 0 Å². The SMILES string of the molecule is CCCC(CC)(CN(CC)C(=O)CCO)OC. The van der Waals surface area contributed by atoms with E-state index in [4.69, 9.17) is 9.84 Å². The van der Waals surface area contributed by atoms with Crippen molar-refractivity contribution in [2.24, 2.45) is 0 Å². The van der Waals surface area contributed by atoms with Gasteiger partial charge in [-0.25, -0.2) is 0 Å². The summed E-state index contributed by atoms with van der Waals surface area (Å²) in [7, 11) is 1.71. The van der Waals surface area contributed by atoms with Crippen LogP contribution < -0.4 is 0 Å². The molecule has 0 aliphatic heterocycles. The maximum Gasteiger partial charge on any atom is 0.224 e. The highest BCUT2D eigenvalue weighted by Crippen LogP contribution is 2.23. The lowest BCUT2D eigenvalue weighted by Crippen LogP contribution is -2.46. The van der Waals surface area contributed by atoms with E-state index in [2.05, 4.69) is 13.8 Å². The zero-order valence-corrected chi connectivity index (χ0v) is 11.7. The highest BCUT2D eigenvalue weighted by atomic mass is 16.5. The summed E-state index contributed by atoms with van der Waals surface area (Å²) in [6.07, 6.45) is 3.07. The zero-order valence-electron chi connectivity index (χ0n) is 11.7. The summed E-state index contributed by atoms with van der Waals surface area (Å²) in [6, 6.07) is 0. The molecule has 0 radical (unpaired) electrons. The molecule has 0 spiro atoms. The normalized spacial score (nSPS) is 14.4. The van der Waals surface area contributed by atoms with Gasteiger partial charge in [-0.1, -0.05) is 20.3 Å². The molecule has 0 saturated carbocycles. The number of likely N-dealkylation sites (N-methyl/N-ethyl adjacent to an activating group) is 1. The van der Waals surface area contributed by atoms with Crippen LogP contribution in [0.3, 0.4) is 0 Å². The smallest absolute Gasteiger partial charge is 0.224 e. The molecule has 1 unspecified atom stereocenters. The fraction of sp³-hybridized carbons (Fsp3) is 0.923. The quantitative estimate of drug-likeness (QED) is 0.674. The van der Waals surface area contributed by atoms with Crippen molar-refractivity contribution >= 4 is 5.91 Å². The Kier molecular flexibility index (Phi) is 8.17. The highest BCUT2D eigenvalue weighted by Gasteiger charge is 2.30. The molecule has 0 heterocycles. The summed E-state index contributed by atoms with van der Waals surface area (Å²) in [5, 5.41) is 8.82. The number of amides is 1. The van der Waals surface area contributed by atoms with Crippen molar-refractivity contribution in [1.82, 2.24) is 4.90 Å². The second-order valence-electron chi connectivity index (χ2n) is 4.37. The van der Waals surface area contributed by atoms with Crippen LogP contribution in [0, 0.1) is 0 Å². The number of methoxy groups -OCH3 is 1. The van der Waals surface area contributed by atoms with E-state index in [9.17, 15) is 4.79 Å². The Morgan fingerprint density at radius 1 is 1.35 bits per heavy atom. The first-order chi connectivity index (χ1) is 8.09. The topological polar surface area (TPSA) is 49.8 Å². The lowest BCUT2D eigenvalue weighted by molar-refractivity contribution is -0.137. The molecular weight excluding hydrogens is 218 g/mol. The Balaban J connectivity index is 4.63. The minimum absolute atomic E-state index is 0.000906. The van der Waals surface area contributed by atoms with Crippen molar-refractivity contribution in [3.8, 4) is 0 Å². The van der Waals surface area contributed by atoms with Crippen LogP contribution in [0.5, 0.6) is 0 Å². The van der Waals surface area contributed by atoms with Gasteiger partial charge in [0, 0.05) is 26.6 Å². The maximum atomic E-state index is 11.8. The Hall–Kier alpha value is -0.610. The molecule has 0 saturated heterocycles. The summed E-state index contributed by atoms with van der Waals surface area (Å²) in [5.41, 5.74) is -0.240. The van der Waals surface area contributed by atoms with Gasteiger partial charge in [-0.2, -0.15) is 0 Å². The van der Waals surface area contributed by atoms with Crippen LogP contribution in [0.15, 0.2) is 0 Å². The minimum Gasteiger partial charge on any atom is -0.396 e. The number of ether oxygens (including phenoxy) is 1. The van der Waals surface area contributed by atoms with Gasteiger partial charge in [0.2, 0.25) is 5.91 Å². The van der Waals surface area contributed by atoms with Crippen LogP contribution in [-0.4, -0.2) is 48.3 Å². The van der Waals surface area contributed by atoms with Gasteiger partial charge in [-0.15, -0.1) is 0 Å². The predicted octanol–water partition coefficient (Wildman–Crippen LogP) is 1.81. The Morgan fingerprint density at radius 3 is 2.35 bits per heavy atom. The molecule has 0 aromatic carbocycles. The molecular formula is C13H27NO3. The van der Waals surface area contributed by atoms with E-state index in [0.717, 1.165) is 19.3 Å². The minimum atomic E-state index is -0.240. The van der Waals surface area contributed by atoms with E-state index < -0.39 is 0 Å². The largest absolute Gasteiger partial charge is 0.396 e. The summed E-state index contributed by atoms with van der Waals surface area (Å²) >= 11 is 0. The molecule has 1 amide bonds. The molecule has 4 heteroatoms. The first kappa shape index (κ1) is 16.4. The molecule has 0 aromatic heterocycles. The molecule has 0 rings (SSSR count). The van der Waals surface area contributed by atoms with Gasteiger partial charge in [0.25, 0.3) is 0 Å². The standard InChI is InChI=1S/C13H27NO3/c1-5-9-13(6-2,17-4)11-14(7-3)12(16)8-10-15/h15H,5-11H2,1-4H3. The van der Waals surface area contributed by atoms with Crippen LogP contribution in [0.25, 0.3) is 0 Å². The van der Waals surface area contributed by atoms with Crippen molar-refractivity contribution in [2.75, 3.05) is 26.8 Å². The van der Waals surface area contributed by atoms with Crippen LogP contribution in [-0.2, 0) is 9.53 Å². The molecule has 0 fully saturated rings. The third-order valence-corrected chi connectivity index (χ3v) is 3.32. The average molecular weight is 245 g/mol. The van der Waals surface area contributed by atoms with Gasteiger partial charge in [-0.05, 0) is 19.8 Å². The van der Waals surface area contributed by atoms with Gasteiger partial charge in [0.05, 0.1) is 12.2 Å².